The maximum absolute atomic E-state index is 11.6. The number of tetrazole rings is 1. The number of carboxylic acid groups (broad SMARTS) is 1. The van der Waals surface area contributed by atoms with Crippen LogP contribution in [0.3, 0.4) is 0 Å². The van der Waals surface area contributed by atoms with Crippen LogP contribution in [0.1, 0.15) is 21.0 Å². The predicted molar refractivity (Wildman–Crippen MR) is 62.2 cm³/mol. The number of nitro benzene ring substituents is 1. The molecule has 0 bridgehead atoms. The number of carbonyl (C=O) groups is 2. The lowest BCUT2D eigenvalue weighted by atomic mass is 10.1. The molecule has 0 aliphatic heterocycles. The quantitative estimate of drug-likeness (QED) is 0.521. The van der Waals surface area contributed by atoms with E-state index in [-0.39, 0.29) is 17.1 Å². The molecule has 102 valence electrons. The second kappa shape index (κ2) is 5.09. The molecule has 2 rings (SSSR count). The number of hydrogen-bond donors (Lipinski definition) is 3. The van der Waals surface area contributed by atoms with Crippen molar-refractivity contribution >= 4 is 23.3 Å². The topological polar surface area (TPSA) is 164 Å². The molecule has 0 unspecified atom stereocenters. The Morgan fingerprint density at radius 1 is 1.40 bits per heavy atom. The average Bonchev–Trinajstić information content (AvgIpc) is 2.92. The minimum Gasteiger partial charge on any atom is -0.478 e. The van der Waals surface area contributed by atoms with Crippen molar-refractivity contribution in [1.29, 1.82) is 0 Å². The number of nitrogens with one attached hydrogen (secondary N) is 2. The van der Waals surface area contributed by atoms with E-state index in [9.17, 15) is 19.7 Å². The third-order valence-electron chi connectivity index (χ3n) is 2.24. The van der Waals surface area contributed by atoms with Gasteiger partial charge in [-0.05, 0) is 17.3 Å². The predicted octanol–water partition coefficient (Wildman–Crippen LogP) is 0.0584. The molecule has 1 amide bonds. The number of H-pyrrole nitrogens is 1. The Labute approximate surface area is 109 Å². The number of aromatic carboxylic acids is 1. The maximum atomic E-state index is 11.6. The molecule has 11 nitrogen and oxygen atoms in total. The van der Waals surface area contributed by atoms with Crippen LogP contribution >= 0.6 is 0 Å². The fraction of sp³-hybridized carbons (Fsp3) is 0. The van der Waals surface area contributed by atoms with E-state index in [0.29, 0.717) is 0 Å². The fourth-order valence-corrected chi connectivity index (χ4v) is 1.36. The van der Waals surface area contributed by atoms with Gasteiger partial charge in [-0.25, -0.2) is 4.79 Å². The smallest absolute Gasteiger partial charge is 0.335 e. The van der Waals surface area contributed by atoms with E-state index < -0.39 is 22.5 Å². The lowest BCUT2D eigenvalue weighted by Gasteiger charge is -2.04. The Kier molecular flexibility index (Phi) is 3.33. The van der Waals surface area contributed by atoms with Gasteiger partial charge in [-0.15, -0.1) is 10.2 Å². The number of nitro groups is 1. The number of benzene rings is 1. The molecule has 0 spiro atoms. The zero-order valence-electron chi connectivity index (χ0n) is 9.60. The van der Waals surface area contributed by atoms with Gasteiger partial charge in [0.15, 0.2) is 0 Å². The third-order valence-corrected chi connectivity index (χ3v) is 2.24. The van der Waals surface area contributed by atoms with Gasteiger partial charge < -0.3 is 10.4 Å². The summed E-state index contributed by atoms with van der Waals surface area (Å²) in [5.41, 5.74) is -0.995. The summed E-state index contributed by atoms with van der Waals surface area (Å²) in [7, 11) is 0. The molecule has 1 aromatic carbocycles. The molecule has 0 saturated heterocycles. The highest BCUT2D eigenvalue weighted by atomic mass is 16.6. The standard InChI is InChI=1S/C9H6N6O5/c16-8(7-11-13-14-12-7)10-5-2-1-4(9(17)18)3-6(5)15(19)20/h1-3H,(H,10,16)(H,17,18)(H,11,12,13,14). The number of aromatic nitrogens is 4. The first-order valence-electron chi connectivity index (χ1n) is 5.05. The van der Waals surface area contributed by atoms with Crippen molar-refractivity contribution in [2.75, 3.05) is 5.32 Å². The van der Waals surface area contributed by atoms with Gasteiger partial charge in [-0.1, -0.05) is 0 Å². The summed E-state index contributed by atoms with van der Waals surface area (Å²) in [5.74, 6) is -2.43. The molecule has 3 N–H and O–H groups in total. The van der Waals surface area contributed by atoms with Gasteiger partial charge in [0, 0.05) is 6.07 Å². The van der Waals surface area contributed by atoms with E-state index in [1.165, 1.54) is 0 Å². The van der Waals surface area contributed by atoms with Crippen molar-refractivity contribution < 1.29 is 19.6 Å². The number of aromatic amines is 1. The number of hydrogen-bond acceptors (Lipinski definition) is 7. The van der Waals surface area contributed by atoms with Gasteiger partial charge in [0.05, 0.1) is 10.5 Å². The van der Waals surface area contributed by atoms with E-state index in [0.717, 1.165) is 18.2 Å². The Balaban J connectivity index is 2.34. The van der Waals surface area contributed by atoms with E-state index in [1.807, 2.05) is 0 Å². The highest BCUT2D eigenvalue weighted by Crippen LogP contribution is 2.25. The molecule has 0 radical (unpaired) electrons. The summed E-state index contributed by atoms with van der Waals surface area (Å²) in [6.45, 7) is 0. The first kappa shape index (κ1) is 13.1. The first-order chi connectivity index (χ1) is 9.49. The van der Waals surface area contributed by atoms with E-state index in [1.54, 1.807) is 0 Å². The lowest BCUT2D eigenvalue weighted by Crippen LogP contribution is -2.15. The molecule has 11 heteroatoms. The van der Waals surface area contributed by atoms with Gasteiger partial charge in [0.1, 0.15) is 5.69 Å². The summed E-state index contributed by atoms with van der Waals surface area (Å²) in [6.07, 6.45) is 0. The van der Waals surface area contributed by atoms with Gasteiger partial charge in [-0.2, -0.15) is 5.21 Å². The monoisotopic (exact) mass is 278 g/mol. The molecular formula is C9H6N6O5. The summed E-state index contributed by atoms with van der Waals surface area (Å²) in [4.78, 5) is 32.5. The van der Waals surface area contributed by atoms with Crippen LogP contribution in [0.5, 0.6) is 0 Å². The van der Waals surface area contributed by atoms with E-state index in [4.69, 9.17) is 5.11 Å². The Morgan fingerprint density at radius 3 is 2.70 bits per heavy atom. The molecule has 0 saturated carbocycles. The van der Waals surface area contributed by atoms with Crippen molar-refractivity contribution in [2.45, 2.75) is 0 Å². The third kappa shape index (κ3) is 2.55. The number of carbonyl (C=O) groups excluding carboxylic acids is 1. The van der Waals surface area contributed by atoms with Crippen LogP contribution in [0, 0.1) is 10.1 Å². The molecule has 0 aliphatic carbocycles. The van der Waals surface area contributed by atoms with Crippen LogP contribution in [0.25, 0.3) is 0 Å². The highest BCUT2D eigenvalue weighted by Gasteiger charge is 2.20. The van der Waals surface area contributed by atoms with Crippen LogP contribution in [0.4, 0.5) is 11.4 Å². The van der Waals surface area contributed by atoms with Crippen molar-refractivity contribution in [3.8, 4) is 0 Å². The molecule has 20 heavy (non-hydrogen) atoms. The van der Waals surface area contributed by atoms with E-state index in [2.05, 4.69) is 25.9 Å². The zero-order chi connectivity index (χ0) is 14.7. The number of nitrogens with zero attached hydrogens (tertiary/aromatic N) is 4. The Hall–Kier alpha value is -3.37. The number of rotatable bonds is 4. The van der Waals surface area contributed by atoms with Crippen molar-refractivity contribution in [3.63, 3.8) is 0 Å². The SMILES string of the molecule is O=C(O)c1ccc(NC(=O)c2nn[nH]n2)c([N+](=O)[O-])c1. The van der Waals surface area contributed by atoms with E-state index >= 15 is 0 Å². The van der Waals surface area contributed by atoms with Crippen LogP contribution in [-0.2, 0) is 0 Å². The molecule has 0 aliphatic rings. The maximum Gasteiger partial charge on any atom is 0.335 e. The van der Waals surface area contributed by atoms with Gasteiger partial charge in [0.2, 0.25) is 0 Å². The number of anilines is 1. The summed E-state index contributed by atoms with van der Waals surface area (Å²) in [6, 6.07) is 3.08. The molecule has 1 aromatic heterocycles. The summed E-state index contributed by atoms with van der Waals surface area (Å²) < 4.78 is 0. The zero-order valence-corrected chi connectivity index (χ0v) is 9.60. The first-order valence-corrected chi connectivity index (χ1v) is 5.05. The van der Waals surface area contributed by atoms with Crippen LogP contribution in [0.2, 0.25) is 0 Å². The number of carboxylic acids is 1. The summed E-state index contributed by atoms with van der Waals surface area (Å²) >= 11 is 0. The van der Waals surface area contributed by atoms with Crippen molar-refractivity contribution in [1.82, 2.24) is 20.6 Å². The lowest BCUT2D eigenvalue weighted by molar-refractivity contribution is -0.383. The summed E-state index contributed by atoms with van der Waals surface area (Å²) in [5, 5.41) is 33.9. The molecule has 1 heterocycles. The van der Waals surface area contributed by atoms with Gasteiger partial charge >= 0.3 is 5.97 Å². The number of amides is 1. The minimum atomic E-state index is -1.32. The average molecular weight is 278 g/mol. The Morgan fingerprint density at radius 2 is 2.15 bits per heavy atom. The Bertz CT molecular complexity index is 682. The van der Waals surface area contributed by atoms with Crippen LogP contribution < -0.4 is 5.32 Å². The van der Waals surface area contributed by atoms with Gasteiger partial charge in [-0.3, -0.25) is 14.9 Å². The minimum absolute atomic E-state index is 0.171. The van der Waals surface area contributed by atoms with Crippen molar-refractivity contribution in [3.05, 3.63) is 39.7 Å². The van der Waals surface area contributed by atoms with Crippen LogP contribution in [-0.4, -0.2) is 42.5 Å². The molecular weight excluding hydrogens is 272 g/mol. The molecule has 0 fully saturated rings. The normalized spacial score (nSPS) is 10.0. The second-order valence-electron chi connectivity index (χ2n) is 3.48. The van der Waals surface area contributed by atoms with Crippen LogP contribution in [0.15, 0.2) is 18.2 Å². The molecule has 2 aromatic rings. The van der Waals surface area contributed by atoms with Gasteiger partial charge in [0.25, 0.3) is 17.4 Å². The molecule has 0 atom stereocenters. The van der Waals surface area contributed by atoms with Crippen molar-refractivity contribution in [2.24, 2.45) is 0 Å². The largest absolute Gasteiger partial charge is 0.478 e. The highest BCUT2D eigenvalue weighted by molar-refractivity contribution is 6.03. The second-order valence-corrected chi connectivity index (χ2v) is 3.48. The fourth-order valence-electron chi connectivity index (χ4n) is 1.36.